The molecule has 0 amide bonds. The maximum atomic E-state index is 11.2. The summed E-state index contributed by atoms with van der Waals surface area (Å²) in [6.45, 7) is 8.21. The van der Waals surface area contributed by atoms with Crippen molar-refractivity contribution in [2.24, 2.45) is 0 Å². The number of esters is 1. The van der Waals surface area contributed by atoms with Gasteiger partial charge in [0, 0.05) is 24.8 Å². The first-order valence-corrected chi connectivity index (χ1v) is 6.34. The van der Waals surface area contributed by atoms with Gasteiger partial charge in [0.25, 0.3) is 0 Å². The van der Waals surface area contributed by atoms with Gasteiger partial charge in [-0.3, -0.25) is 0 Å². The predicted molar refractivity (Wildman–Crippen MR) is 72.1 cm³/mol. The number of carbonyl (C=O) groups excluding carboxylic acids is 1. The number of rotatable bonds is 7. The highest BCUT2D eigenvalue weighted by molar-refractivity contribution is 5.71. The smallest absolute Gasteiger partial charge is 0.344 e. The van der Waals surface area contributed by atoms with Crippen LogP contribution in [-0.4, -0.2) is 32.3 Å². The third-order valence-corrected chi connectivity index (χ3v) is 2.61. The zero-order chi connectivity index (χ0) is 13.4. The quantitative estimate of drug-likeness (QED) is 0.698. The molecule has 0 saturated heterocycles. The van der Waals surface area contributed by atoms with Crippen molar-refractivity contribution < 1.29 is 14.3 Å². The van der Waals surface area contributed by atoms with Crippen molar-refractivity contribution in [3.05, 3.63) is 24.3 Å². The first-order valence-electron chi connectivity index (χ1n) is 6.34. The van der Waals surface area contributed by atoms with Crippen LogP contribution in [0.2, 0.25) is 0 Å². The SMILES string of the molecule is CCOC(=O)COc1cccc(N(CC)CC)c1. The van der Waals surface area contributed by atoms with Crippen LogP contribution in [-0.2, 0) is 9.53 Å². The summed E-state index contributed by atoms with van der Waals surface area (Å²) in [6.07, 6.45) is 0. The molecule has 0 spiro atoms. The van der Waals surface area contributed by atoms with Crippen molar-refractivity contribution in [3.8, 4) is 5.75 Å². The molecule has 0 N–H and O–H groups in total. The van der Waals surface area contributed by atoms with E-state index >= 15 is 0 Å². The molecular weight excluding hydrogens is 230 g/mol. The highest BCUT2D eigenvalue weighted by Crippen LogP contribution is 2.20. The third kappa shape index (κ3) is 4.28. The Bertz CT molecular complexity index is 375. The van der Waals surface area contributed by atoms with Crippen molar-refractivity contribution in [2.75, 3.05) is 31.2 Å². The Morgan fingerprint density at radius 2 is 1.94 bits per heavy atom. The first kappa shape index (κ1) is 14.4. The third-order valence-electron chi connectivity index (χ3n) is 2.61. The predicted octanol–water partition coefficient (Wildman–Crippen LogP) is 2.47. The molecule has 0 atom stereocenters. The molecule has 0 saturated carbocycles. The van der Waals surface area contributed by atoms with E-state index in [0.29, 0.717) is 12.4 Å². The van der Waals surface area contributed by atoms with Crippen molar-refractivity contribution >= 4 is 11.7 Å². The van der Waals surface area contributed by atoms with Gasteiger partial charge in [0.1, 0.15) is 5.75 Å². The van der Waals surface area contributed by atoms with E-state index in [4.69, 9.17) is 9.47 Å². The molecule has 0 aromatic heterocycles. The van der Waals surface area contributed by atoms with Crippen LogP contribution in [0.5, 0.6) is 5.75 Å². The molecule has 1 aromatic rings. The van der Waals surface area contributed by atoms with Gasteiger partial charge in [-0.25, -0.2) is 4.79 Å². The molecule has 1 aromatic carbocycles. The maximum Gasteiger partial charge on any atom is 0.344 e. The minimum Gasteiger partial charge on any atom is -0.482 e. The average molecular weight is 251 g/mol. The van der Waals surface area contributed by atoms with Gasteiger partial charge >= 0.3 is 5.97 Å². The van der Waals surface area contributed by atoms with E-state index in [9.17, 15) is 4.79 Å². The van der Waals surface area contributed by atoms with E-state index in [0.717, 1.165) is 18.8 Å². The van der Waals surface area contributed by atoms with Crippen LogP contribution in [0.3, 0.4) is 0 Å². The Morgan fingerprint density at radius 3 is 2.56 bits per heavy atom. The van der Waals surface area contributed by atoms with Crippen molar-refractivity contribution in [1.82, 2.24) is 0 Å². The van der Waals surface area contributed by atoms with Gasteiger partial charge in [-0.2, -0.15) is 0 Å². The zero-order valence-corrected chi connectivity index (χ0v) is 11.3. The molecular formula is C14H21NO3. The fourth-order valence-electron chi connectivity index (χ4n) is 1.70. The van der Waals surface area contributed by atoms with Crippen LogP contribution < -0.4 is 9.64 Å². The van der Waals surface area contributed by atoms with E-state index in [2.05, 4.69) is 18.7 Å². The topological polar surface area (TPSA) is 38.8 Å². The second kappa shape index (κ2) is 7.58. The highest BCUT2D eigenvalue weighted by Gasteiger charge is 2.05. The minimum atomic E-state index is -0.342. The average Bonchev–Trinajstić information content (AvgIpc) is 2.39. The normalized spacial score (nSPS) is 9.94. The Morgan fingerprint density at radius 1 is 1.22 bits per heavy atom. The van der Waals surface area contributed by atoms with Crippen molar-refractivity contribution in [3.63, 3.8) is 0 Å². The van der Waals surface area contributed by atoms with E-state index < -0.39 is 0 Å². The number of hydrogen-bond donors (Lipinski definition) is 0. The summed E-state index contributed by atoms with van der Waals surface area (Å²) in [6, 6.07) is 7.73. The Hall–Kier alpha value is -1.71. The molecule has 1 rings (SSSR count). The minimum absolute atomic E-state index is 0.0461. The number of nitrogens with zero attached hydrogens (tertiary/aromatic N) is 1. The molecule has 0 aliphatic carbocycles. The molecule has 0 heterocycles. The molecule has 0 radical (unpaired) electrons. The number of anilines is 1. The summed E-state index contributed by atoms with van der Waals surface area (Å²) in [5.41, 5.74) is 1.10. The number of benzene rings is 1. The summed E-state index contributed by atoms with van der Waals surface area (Å²) in [5, 5.41) is 0. The van der Waals surface area contributed by atoms with Gasteiger partial charge in [-0.05, 0) is 32.9 Å². The second-order valence-electron chi connectivity index (χ2n) is 3.76. The van der Waals surface area contributed by atoms with Crippen LogP contribution in [0.4, 0.5) is 5.69 Å². The maximum absolute atomic E-state index is 11.2. The van der Waals surface area contributed by atoms with Crippen molar-refractivity contribution in [2.45, 2.75) is 20.8 Å². The van der Waals surface area contributed by atoms with Gasteiger partial charge in [0.15, 0.2) is 6.61 Å². The molecule has 18 heavy (non-hydrogen) atoms. The van der Waals surface area contributed by atoms with Gasteiger partial charge < -0.3 is 14.4 Å². The molecule has 0 aliphatic heterocycles. The molecule has 0 aliphatic rings. The van der Waals surface area contributed by atoms with Crippen LogP contribution in [0.1, 0.15) is 20.8 Å². The lowest BCUT2D eigenvalue weighted by Gasteiger charge is -2.21. The van der Waals surface area contributed by atoms with Gasteiger partial charge in [0.2, 0.25) is 0 Å². The van der Waals surface area contributed by atoms with Crippen molar-refractivity contribution in [1.29, 1.82) is 0 Å². The van der Waals surface area contributed by atoms with Crippen LogP contribution in [0, 0.1) is 0 Å². The Kier molecular flexibility index (Phi) is 6.05. The summed E-state index contributed by atoms with van der Waals surface area (Å²) in [4.78, 5) is 13.4. The number of hydrogen-bond acceptors (Lipinski definition) is 4. The monoisotopic (exact) mass is 251 g/mol. The lowest BCUT2D eigenvalue weighted by molar-refractivity contribution is -0.145. The lowest BCUT2D eigenvalue weighted by atomic mass is 10.2. The summed E-state index contributed by atoms with van der Waals surface area (Å²) < 4.78 is 10.2. The number of carbonyl (C=O) groups is 1. The van der Waals surface area contributed by atoms with Gasteiger partial charge in [-0.15, -0.1) is 0 Å². The number of ether oxygens (including phenoxy) is 2. The second-order valence-corrected chi connectivity index (χ2v) is 3.76. The Labute approximate surface area is 108 Å². The van der Waals surface area contributed by atoms with E-state index in [1.807, 2.05) is 24.3 Å². The molecule has 0 fully saturated rings. The fourth-order valence-corrected chi connectivity index (χ4v) is 1.70. The van der Waals surface area contributed by atoms with Crippen LogP contribution in [0.25, 0.3) is 0 Å². The van der Waals surface area contributed by atoms with E-state index in [1.54, 1.807) is 6.92 Å². The summed E-state index contributed by atoms with van der Waals surface area (Å²) in [7, 11) is 0. The lowest BCUT2D eigenvalue weighted by Crippen LogP contribution is -2.21. The van der Waals surface area contributed by atoms with Gasteiger partial charge in [0.05, 0.1) is 6.61 Å². The van der Waals surface area contributed by atoms with E-state index in [-0.39, 0.29) is 12.6 Å². The zero-order valence-electron chi connectivity index (χ0n) is 11.3. The standard InChI is InChI=1S/C14H21NO3/c1-4-15(5-2)12-8-7-9-13(10-12)18-11-14(16)17-6-3/h7-10H,4-6,11H2,1-3H3. The summed E-state index contributed by atoms with van der Waals surface area (Å²) in [5.74, 6) is 0.346. The Balaban J connectivity index is 2.62. The molecule has 4 heteroatoms. The molecule has 0 bridgehead atoms. The fraction of sp³-hybridized carbons (Fsp3) is 0.500. The first-order chi connectivity index (χ1) is 8.71. The van der Waals surface area contributed by atoms with E-state index in [1.165, 1.54) is 0 Å². The summed E-state index contributed by atoms with van der Waals surface area (Å²) >= 11 is 0. The van der Waals surface area contributed by atoms with Crippen LogP contribution >= 0.6 is 0 Å². The molecule has 100 valence electrons. The van der Waals surface area contributed by atoms with Gasteiger partial charge in [-0.1, -0.05) is 6.07 Å². The largest absolute Gasteiger partial charge is 0.482 e. The van der Waals surface area contributed by atoms with Crippen LogP contribution in [0.15, 0.2) is 24.3 Å². The highest BCUT2D eigenvalue weighted by atomic mass is 16.6. The molecule has 4 nitrogen and oxygen atoms in total. The molecule has 0 unspecified atom stereocenters.